The van der Waals surface area contributed by atoms with Crippen molar-refractivity contribution in [3.05, 3.63) is 29.3 Å². The summed E-state index contributed by atoms with van der Waals surface area (Å²) in [5.41, 5.74) is 0. The van der Waals surface area contributed by atoms with Crippen LogP contribution in [0.15, 0.2) is 24.3 Å². The zero-order valence-corrected chi connectivity index (χ0v) is 14.8. The van der Waals surface area contributed by atoms with E-state index in [1.54, 1.807) is 24.3 Å². The third-order valence-electron chi connectivity index (χ3n) is 3.39. The van der Waals surface area contributed by atoms with Gasteiger partial charge in [-0.2, -0.15) is 0 Å². The van der Waals surface area contributed by atoms with Crippen LogP contribution in [0.5, 0.6) is 5.75 Å². The minimum Gasteiger partial charge on any atom is -0.462 e. The zero-order valence-electron chi connectivity index (χ0n) is 14.0. The Morgan fingerprint density at radius 2 is 1.87 bits per heavy atom. The van der Waals surface area contributed by atoms with Gasteiger partial charge in [0.2, 0.25) is 0 Å². The molecule has 0 bridgehead atoms. The molecule has 0 heterocycles. The smallest absolute Gasteiger partial charge is 0.311 e. The van der Waals surface area contributed by atoms with E-state index in [4.69, 9.17) is 21.1 Å². The van der Waals surface area contributed by atoms with Crippen LogP contribution in [0.25, 0.3) is 0 Å². The van der Waals surface area contributed by atoms with Crippen LogP contribution >= 0.6 is 11.6 Å². The second-order valence-electron chi connectivity index (χ2n) is 5.85. The lowest BCUT2D eigenvalue weighted by Crippen LogP contribution is -2.23. The Kier molecular flexibility index (Phi) is 8.70. The number of carbonyl (C=O) groups excluding carboxylic acids is 2. The maximum Gasteiger partial charge on any atom is 0.311 e. The third-order valence-corrected chi connectivity index (χ3v) is 3.62. The summed E-state index contributed by atoms with van der Waals surface area (Å²) in [6.07, 6.45) is 2.59. The van der Waals surface area contributed by atoms with Gasteiger partial charge in [-0.3, -0.25) is 9.59 Å². The highest BCUT2D eigenvalue weighted by molar-refractivity contribution is 6.30. The Labute approximate surface area is 143 Å². The third kappa shape index (κ3) is 8.03. The van der Waals surface area contributed by atoms with Gasteiger partial charge >= 0.3 is 11.9 Å². The summed E-state index contributed by atoms with van der Waals surface area (Å²) in [4.78, 5) is 23.5. The minimum atomic E-state index is -0.381. The molecular weight excluding hydrogens is 316 g/mol. The lowest BCUT2D eigenvalue weighted by molar-refractivity contribution is -0.151. The first-order valence-electron chi connectivity index (χ1n) is 8.08. The summed E-state index contributed by atoms with van der Waals surface area (Å²) in [5, 5.41) is 0.509. The van der Waals surface area contributed by atoms with E-state index in [-0.39, 0.29) is 30.9 Å². The van der Waals surface area contributed by atoms with Gasteiger partial charge in [-0.05, 0) is 37.0 Å². The molecule has 0 saturated heterocycles. The molecule has 0 aliphatic carbocycles. The van der Waals surface area contributed by atoms with Crippen molar-refractivity contribution in [2.75, 3.05) is 0 Å². The Hall–Kier alpha value is -1.55. The van der Waals surface area contributed by atoms with Crippen molar-refractivity contribution < 1.29 is 19.1 Å². The fourth-order valence-corrected chi connectivity index (χ4v) is 2.31. The quantitative estimate of drug-likeness (QED) is 0.479. The van der Waals surface area contributed by atoms with Crippen molar-refractivity contribution in [2.24, 2.45) is 5.92 Å². The highest BCUT2D eigenvalue weighted by Gasteiger charge is 2.17. The SMILES string of the molecule is CCCC(OC(=O)CCCC(=O)Oc1cccc(Cl)c1)C(C)C. The van der Waals surface area contributed by atoms with Gasteiger partial charge in [-0.25, -0.2) is 0 Å². The van der Waals surface area contributed by atoms with Crippen LogP contribution in [-0.2, 0) is 14.3 Å². The number of hydrogen-bond donors (Lipinski definition) is 0. The summed E-state index contributed by atoms with van der Waals surface area (Å²) >= 11 is 5.82. The molecule has 0 spiro atoms. The van der Waals surface area contributed by atoms with Gasteiger partial charge in [-0.15, -0.1) is 0 Å². The van der Waals surface area contributed by atoms with Crippen LogP contribution < -0.4 is 4.74 Å². The molecule has 1 aromatic rings. The van der Waals surface area contributed by atoms with E-state index in [1.165, 1.54) is 0 Å². The molecule has 0 N–H and O–H groups in total. The summed E-state index contributed by atoms with van der Waals surface area (Å²) in [7, 11) is 0. The van der Waals surface area contributed by atoms with Gasteiger partial charge in [0.15, 0.2) is 0 Å². The van der Waals surface area contributed by atoms with E-state index in [2.05, 4.69) is 6.92 Å². The molecule has 0 amide bonds. The maximum atomic E-state index is 11.8. The average molecular weight is 341 g/mol. The lowest BCUT2D eigenvalue weighted by Gasteiger charge is -2.20. The van der Waals surface area contributed by atoms with Crippen molar-refractivity contribution in [1.29, 1.82) is 0 Å². The summed E-state index contributed by atoms with van der Waals surface area (Å²) in [6, 6.07) is 6.65. The second-order valence-corrected chi connectivity index (χ2v) is 6.28. The predicted octanol–water partition coefficient (Wildman–Crippen LogP) is 4.78. The van der Waals surface area contributed by atoms with Gasteiger partial charge in [0, 0.05) is 17.9 Å². The molecule has 0 saturated carbocycles. The molecule has 0 fully saturated rings. The lowest BCUT2D eigenvalue weighted by atomic mass is 10.0. The van der Waals surface area contributed by atoms with E-state index in [0.717, 1.165) is 12.8 Å². The van der Waals surface area contributed by atoms with Crippen molar-refractivity contribution >= 4 is 23.5 Å². The molecule has 0 aliphatic rings. The van der Waals surface area contributed by atoms with Crippen molar-refractivity contribution in [1.82, 2.24) is 0 Å². The first kappa shape index (κ1) is 19.5. The molecule has 23 heavy (non-hydrogen) atoms. The first-order valence-corrected chi connectivity index (χ1v) is 8.46. The molecule has 4 nitrogen and oxygen atoms in total. The molecule has 0 aromatic heterocycles. The normalized spacial score (nSPS) is 12.0. The van der Waals surface area contributed by atoms with E-state index < -0.39 is 0 Å². The Bertz CT molecular complexity index is 513. The zero-order chi connectivity index (χ0) is 17.2. The predicted molar refractivity (Wildman–Crippen MR) is 90.6 cm³/mol. The number of rotatable bonds is 9. The van der Waals surface area contributed by atoms with Crippen molar-refractivity contribution in [3.63, 3.8) is 0 Å². The van der Waals surface area contributed by atoms with Crippen LogP contribution in [-0.4, -0.2) is 18.0 Å². The molecular formula is C18H25ClO4. The molecule has 0 radical (unpaired) electrons. The van der Waals surface area contributed by atoms with Crippen LogP contribution in [0.1, 0.15) is 52.9 Å². The topological polar surface area (TPSA) is 52.6 Å². The van der Waals surface area contributed by atoms with Gasteiger partial charge in [0.25, 0.3) is 0 Å². The Balaban J connectivity index is 2.30. The summed E-state index contributed by atoms with van der Waals surface area (Å²) in [6.45, 7) is 6.14. The maximum absolute atomic E-state index is 11.8. The summed E-state index contributed by atoms with van der Waals surface area (Å²) in [5.74, 6) is 0.0707. The Morgan fingerprint density at radius 1 is 1.17 bits per heavy atom. The number of carbonyl (C=O) groups is 2. The van der Waals surface area contributed by atoms with Crippen LogP contribution in [0, 0.1) is 5.92 Å². The molecule has 1 atom stereocenters. The van der Waals surface area contributed by atoms with Crippen LogP contribution in [0.3, 0.4) is 0 Å². The van der Waals surface area contributed by atoms with E-state index >= 15 is 0 Å². The molecule has 0 aliphatic heterocycles. The number of ether oxygens (including phenoxy) is 2. The number of esters is 2. The first-order chi connectivity index (χ1) is 10.9. The van der Waals surface area contributed by atoms with Gasteiger partial charge in [0.1, 0.15) is 11.9 Å². The molecule has 5 heteroatoms. The monoisotopic (exact) mass is 340 g/mol. The molecule has 1 unspecified atom stereocenters. The fourth-order valence-electron chi connectivity index (χ4n) is 2.13. The van der Waals surface area contributed by atoms with Gasteiger partial charge in [0.05, 0.1) is 0 Å². The number of benzene rings is 1. The largest absolute Gasteiger partial charge is 0.462 e. The fraction of sp³-hybridized carbons (Fsp3) is 0.556. The summed E-state index contributed by atoms with van der Waals surface area (Å²) < 4.78 is 10.6. The van der Waals surface area contributed by atoms with Crippen molar-refractivity contribution in [2.45, 2.75) is 59.0 Å². The van der Waals surface area contributed by atoms with E-state index in [0.29, 0.717) is 23.1 Å². The van der Waals surface area contributed by atoms with Crippen LogP contribution in [0.4, 0.5) is 0 Å². The average Bonchev–Trinajstić information content (AvgIpc) is 2.46. The van der Waals surface area contributed by atoms with Gasteiger partial charge in [-0.1, -0.05) is 44.9 Å². The molecule has 1 aromatic carbocycles. The minimum absolute atomic E-state index is 0.0501. The van der Waals surface area contributed by atoms with Crippen molar-refractivity contribution in [3.8, 4) is 5.75 Å². The number of halogens is 1. The molecule has 128 valence electrons. The standard InChI is InChI=1S/C18H25ClO4/c1-4-7-16(13(2)3)23-18(21)11-6-10-17(20)22-15-9-5-8-14(19)12-15/h5,8-9,12-13,16H,4,6-7,10-11H2,1-3H3. The second kappa shape index (κ2) is 10.3. The van der Waals surface area contributed by atoms with Crippen LogP contribution in [0.2, 0.25) is 5.02 Å². The highest BCUT2D eigenvalue weighted by Crippen LogP contribution is 2.18. The number of hydrogen-bond acceptors (Lipinski definition) is 4. The van der Waals surface area contributed by atoms with E-state index in [9.17, 15) is 9.59 Å². The molecule has 1 rings (SSSR count). The highest BCUT2D eigenvalue weighted by atomic mass is 35.5. The Morgan fingerprint density at radius 3 is 2.48 bits per heavy atom. The van der Waals surface area contributed by atoms with E-state index in [1.807, 2.05) is 13.8 Å². The van der Waals surface area contributed by atoms with Gasteiger partial charge < -0.3 is 9.47 Å².